The van der Waals surface area contributed by atoms with E-state index in [1.54, 1.807) is 0 Å². The van der Waals surface area contributed by atoms with Crippen molar-refractivity contribution in [2.24, 2.45) is 0 Å². The van der Waals surface area contributed by atoms with Crippen molar-refractivity contribution >= 4 is 17.7 Å². The Kier molecular flexibility index (Phi) is 3.66. The van der Waals surface area contributed by atoms with E-state index in [4.69, 9.17) is 16.7 Å². The molecule has 0 aromatic rings. The van der Waals surface area contributed by atoms with Crippen molar-refractivity contribution in [1.82, 2.24) is 4.90 Å². The molecule has 1 N–H and O–H groups in total. The Morgan fingerprint density at radius 2 is 2.25 bits per heavy atom. The highest BCUT2D eigenvalue weighted by molar-refractivity contribution is 6.18. The first kappa shape index (κ1) is 9.65. The maximum Gasteiger partial charge on any atom is 0.407 e. The second-order valence-corrected chi connectivity index (χ2v) is 3.44. The lowest BCUT2D eigenvalue weighted by Crippen LogP contribution is -2.40. The van der Waals surface area contributed by atoms with Crippen LogP contribution in [0.2, 0.25) is 0 Å². The molecule has 0 aliphatic carbocycles. The number of hydrogen-bond acceptors (Lipinski definition) is 1. The van der Waals surface area contributed by atoms with Crippen LogP contribution < -0.4 is 0 Å². The molecule has 0 aromatic carbocycles. The van der Waals surface area contributed by atoms with Crippen molar-refractivity contribution in [3.05, 3.63) is 0 Å². The average Bonchev–Trinajstić information content (AvgIpc) is 2.27. The lowest BCUT2D eigenvalue weighted by Gasteiger charge is -2.25. The summed E-state index contributed by atoms with van der Waals surface area (Å²) >= 11 is 5.69. The van der Waals surface area contributed by atoms with Gasteiger partial charge >= 0.3 is 6.09 Å². The van der Waals surface area contributed by atoms with Gasteiger partial charge in [-0.1, -0.05) is 12.8 Å². The summed E-state index contributed by atoms with van der Waals surface area (Å²) in [4.78, 5) is 12.2. The van der Waals surface area contributed by atoms with Gasteiger partial charge in [-0.3, -0.25) is 0 Å². The molecule has 0 aromatic heterocycles. The van der Waals surface area contributed by atoms with E-state index in [1.165, 1.54) is 4.90 Å². The van der Waals surface area contributed by atoms with Crippen LogP contribution in [0, 0.1) is 0 Å². The smallest absolute Gasteiger partial charge is 0.407 e. The monoisotopic (exact) mass is 191 g/mol. The molecule has 3 nitrogen and oxygen atoms in total. The van der Waals surface area contributed by atoms with Gasteiger partial charge in [0.2, 0.25) is 0 Å². The second-order valence-electron chi connectivity index (χ2n) is 3.13. The Hall–Kier alpha value is -0.440. The zero-order valence-electron chi connectivity index (χ0n) is 7.00. The maximum absolute atomic E-state index is 10.7. The molecule has 4 heteroatoms. The van der Waals surface area contributed by atoms with Crippen LogP contribution in [0.5, 0.6) is 0 Å². The number of hydrogen-bond donors (Lipinski definition) is 1. The average molecular weight is 192 g/mol. The Bertz CT molecular complexity index is 163. The minimum absolute atomic E-state index is 0.0340. The summed E-state index contributed by atoms with van der Waals surface area (Å²) in [5, 5.41) is 8.83. The molecule has 0 spiro atoms. The molecule has 1 aliphatic heterocycles. The van der Waals surface area contributed by atoms with Gasteiger partial charge < -0.3 is 10.0 Å². The molecule has 1 atom stereocenters. The van der Waals surface area contributed by atoms with Crippen LogP contribution in [0.3, 0.4) is 0 Å². The number of halogens is 1. The predicted octanol–water partition coefficient (Wildman–Crippen LogP) is 2.15. The fraction of sp³-hybridized carbons (Fsp3) is 0.875. The second kappa shape index (κ2) is 4.55. The van der Waals surface area contributed by atoms with Crippen molar-refractivity contribution in [2.75, 3.05) is 12.4 Å². The number of carbonyl (C=O) groups is 1. The van der Waals surface area contributed by atoms with Crippen LogP contribution in [0.4, 0.5) is 4.79 Å². The summed E-state index contributed by atoms with van der Waals surface area (Å²) in [5.74, 6) is 0.423. The molecule has 1 heterocycles. The lowest BCUT2D eigenvalue weighted by molar-refractivity contribution is 0.130. The Morgan fingerprint density at radius 1 is 1.50 bits per heavy atom. The zero-order chi connectivity index (χ0) is 8.97. The first-order valence-electron chi connectivity index (χ1n) is 4.31. The largest absolute Gasteiger partial charge is 0.465 e. The van der Waals surface area contributed by atoms with E-state index in [1.807, 2.05) is 0 Å². The third-order valence-electron chi connectivity index (χ3n) is 2.30. The van der Waals surface area contributed by atoms with Crippen molar-refractivity contribution in [3.8, 4) is 0 Å². The number of nitrogens with zero attached hydrogens (tertiary/aromatic N) is 1. The number of carboxylic acid groups (broad SMARTS) is 1. The molecule has 12 heavy (non-hydrogen) atoms. The third-order valence-corrected chi connectivity index (χ3v) is 2.66. The van der Waals surface area contributed by atoms with Gasteiger partial charge in [0.05, 0.1) is 0 Å². The van der Waals surface area contributed by atoms with Gasteiger partial charge in [-0.2, -0.15) is 0 Å². The quantitative estimate of drug-likeness (QED) is 0.646. The summed E-state index contributed by atoms with van der Waals surface area (Å²) in [7, 11) is 0. The highest BCUT2D eigenvalue weighted by Gasteiger charge is 2.23. The number of amides is 1. The van der Waals surface area contributed by atoms with Crippen LogP contribution in [0.25, 0.3) is 0 Å². The van der Waals surface area contributed by atoms with Gasteiger partial charge in [0.15, 0.2) is 0 Å². The highest BCUT2D eigenvalue weighted by atomic mass is 35.5. The van der Waals surface area contributed by atoms with Gasteiger partial charge in [0.25, 0.3) is 0 Å². The molecular weight excluding hydrogens is 178 g/mol. The lowest BCUT2D eigenvalue weighted by atomic mass is 10.1. The highest BCUT2D eigenvalue weighted by Crippen LogP contribution is 2.17. The summed E-state index contributed by atoms with van der Waals surface area (Å²) in [6.45, 7) is 0.646. The van der Waals surface area contributed by atoms with Crippen molar-refractivity contribution in [1.29, 1.82) is 0 Å². The van der Waals surface area contributed by atoms with Crippen LogP contribution >= 0.6 is 11.6 Å². The van der Waals surface area contributed by atoms with Crippen LogP contribution in [0.15, 0.2) is 0 Å². The summed E-state index contributed by atoms with van der Waals surface area (Å²) in [5.41, 5.74) is 0. The maximum atomic E-state index is 10.7. The Balaban J connectivity index is 2.57. The van der Waals surface area contributed by atoms with E-state index < -0.39 is 6.09 Å². The normalized spacial score (nSPS) is 25.1. The van der Waals surface area contributed by atoms with Crippen molar-refractivity contribution in [3.63, 3.8) is 0 Å². The topological polar surface area (TPSA) is 40.5 Å². The fourth-order valence-electron chi connectivity index (χ4n) is 1.59. The minimum Gasteiger partial charge on any atom is -0.465 e. The zero-order valence-corrected chi connectivity index (χ0v) is 7.76. The van der Waals surface area contributed by atoms with Crippen molar-refractivity contribution < 1.29 is 9.90 Å². The number of likely N-dealkylation sites (tertiary alicyclic amines) is 1. The fourth-order valence-corrected chi connectivity index (χ4v) is 1.91. The first-order valence-corrected chi connectivity index (χ1v) is 4.84. The minimum atomic E-state index is -0.831. The van der Waals surface area contributed by atoms with E-state index in [9.17, 15) is 4.79 Å². The standard InChI is InChI=1S/C8H14ClNO2/c9-6-7-4-2-1-3-5-10(7)8(11)12/h7H,1-6H2,(H,11,12). The van der Waals surface area contributed by atoms with Gasteiger partial charge in [-0.05, 0) is 12.8 Å². The molecular formula is C8H14ClNO2. The molecule has 1 rings (SSSR count). The Morgan fingerprint density at radius 3 is 2.83 bits per heavy atom. The molecule has 1 amide bonds. The Labute approximate surface area is 77.3 Å². The van der Waals surface area contributed by atoms with Gasteiger partial charge in [0.1, 0.15) is 0 Å². The molecule has 1 saturated heterocycles. The SMILES string of the molecule is O=C(O)N1CCCCCC1CCl. The van der Waals surface area contributed by atoms with E-state index in [-0.39, 0.29) is 6.04 Å². The number of alkyl halides is 1. The molecule has 1 fully saturated rings. The molecule has 0 saturated carbocycles. The van der Waals surface area contributed by atoms with Gasteiger partial charge in [-0.25, -0.2) is 4.79 Å². The molecule has 1 unspecified atom stereocenters. The first-order chi connectivity index (χ1) is 5.75. The van der Waals surface area contributed by atoms with Crippen LogP contribution in [0.1, 0.15) is 25.7 Å². The third kappa shape index (κ3) is 2.27. The van der Waals surface area contributed by atoms with E-state index in [0.717, 1.165) is 25.7 Å². The van der Waals surface area contributed by atoms with Gasteiger partial charge in [-0.15, -0.1) is 11.6 Å². The van der Waals surface area contributed by atoms with Crippen LogP contribution in [-0.2, 0) is 0 Å². The van der Waals surface area contributed by atoms with Crippen molar-refractivity contribution in [2.45, 2.75) is 31.7 Å². The van der Waals surface area contributed by atoms with Gasteiger partial charge in [0, 0.05) is 18.5 Å². The molecule has 0 radical (unpaired) electrons. The summed E-state index contributed by atoms with van der Waals surface area (Å²) < 4.78 is 0. The van der Waals surface area contributed by atoms with E-state index in [0.29, 0.717) is 12.4 Å². The van der Waals surface area contributed by atoms with E-state index >= 15 is 0 Å². The molecule has 70 valence electrons. The summed E-state index contributed by atoms with van der Waals surface area (Å²) in [6.07, 6.45) is 3.27. The molecule has 0 bridgehead atoms. The van der Waals surface area contributed by atoms with Crippen LogP contribution in [-0.4, -0.2) is 34.6 Å². The predicted molar refractivity (Wildman–Crippen MR) is 47.7 cm³/mol. The number of rotatable bonds is 1. The van der Waals surface area contributed by atoms with E-state index in [2.05, 4.69) is 0 Å². The summed E-state index contributed by atoms with van der Waals surface area (Å²) in [6, 6.07) is 0.0340. The molecule has 1 aliphatic rings.